The van der Waals surface area contributed by atoms with Crippen LogP contribution in [0.1, 0.15) is 43.7 Å². The van der Waals surface area contributed by atoms with E-state index in [2.05, 4.69) is 9.47 Å². The molecule has 2 aromatic carbocycles. The van der Waals surface area contributed by atoms with Crippen molar-refractivity contribution in [3.8, 4) is 11.5 Å². The predicted molar refractivity (Wildman–Crippen MR) is 114 cm³/mol. The zero-order valence-electron chi connectivity index (χ0n) is 18.8. The molecule has 1 aliphatic carbocycles. The highest BCUT2D eigenvalue weighted by Crippen LogP contribution is 2.42. The SMILES string of the molecule is CC1CCC(/C(F)=C(\F)c2cc(F)c(C(F)(F)Oc3cc(F)c(OC(F)=C(F)F)c(Cl)c3)c(F)c2)CC1. The highest BCUT2D eigenvalue weighted by Gasteiger charge is 2.42. The highest BCUT2D eigenvalue weighted by molar-refractivity contribution is 6.32. The van der Waals surface area contributed by atoms with E-state index in [0.717, 1.165) is 0 Å². The van der Waals surface area contributed by atoms with Crippen LogP contribution in [0, 0.1) is 29.3 Å². The average Bonchev–Trinajstić information content (AvgIpc) is 2.79. The Hall–Kier alpha value is -2.89. The van der Waals surface area contributed by atoms with E-state index in [1.807, 2.05) is 6.92 Å². The van der Waals surface area contributed by atoms with Gasteiger partial charge in [0, 0.05) is 23.6 Å². The first-order chi connectivity index (χ1) is 17.2. The number of rotatable bonds is 7. The van der Waals surface area contributed by atoms with Crippen LogP contribution >= 0.6 is 11.6 Å². The third kappa shape index (κ3) is 6.52. The summed E-state index contributed by atoms with van der Waals surface area (Å²) in [5.41, 5.74) is -2.96. The first-order valence-corrected chi connectivity index (χ1v) is 11.1. The molecule has 0 unspecified atom stereocenters. The summed E-state index contributed by atoms with van der Waals surface area (Å²) in [5, 5.41) is -1.00. The van der Waals surface area contributed by atoms with Crippen LogP contribution in [0.2, 0.25) is 5.02 Å². The summed E-state index contributed by atoms with van der Waals surface area (Å²) in [4.78, 5) is 0. The number of hydrogen-bond donors (Lipinski definition) is 0. The van der Waals surface area contributed by atoms with E-state index in [-0.39, 0.29) is 18.2 Å². The van der Waals surface area contributed by atoms with Crippen molar-refractivity contribution in [2.24, 2.45) is 11.8 Å². The number of hydrogen-bond acceptors (Lipinski definition) is 2. The van der Waals surface area contributed by atoms with Gasteiger partial charge in [-0.1, -0.05) is 31.4 Å². The molecule has 0 aliphatic heterocycles. The van der Waals surface area contributed by atoms with E-state index in [0.29, 0.717) is 37.7 Å². The Labute approximate surface area is 209 Å². The van der Waals surface area contributed by atoms with Crippen LogP contribution in [-0.4, -0.2) is 0 Å². The molecular weight excluding hydrogens is 546 g/mol. The van der Waals surface area contributed by atoms with Crippen molar-refractivity contribution in [2.75, 3.05) is 0 Å². The molecule has 2 aromatic rings. The molecule has 0 saturated heterocycles. The Morgan fingerprint density at radius 2 is 1.43 bits per heavy atom. The van der Waals surface area contributed by atoms with Crippen molar-refractivity contribution in [3.05, 3.63) is 75.8 Å². The molecule has 0 bridgehead atoms. The van der Waals surface area contributed by atoms with Gasteiger partial charge in [-0.25, -0.2) is 22.0 Å². The molecule has 0 radical (unpaired) electrons. The first-order valence-electron chi connectivity index (χ1n) is 10.7. The van der Waals surface area contributed by atoms with Gasteiger partial charge in [0.25, 0.3) is 0 Å². The second kappa shape index (κ2) is 11.2. The summed E-state index contributed by atoms with van der Waals surface area (Å²) >= 11 is 5.52. The molecule has 1 saturated carbocycles. The van der Waals surface area contributed by atoms with Crippen molar-refractivity contribution in [1.82, 2.24) is 0 Å². The van der Waals surface area contributed by atoms with Gasteiger partial charge < -0.3 is 9.47 Å². The summed E-state index contributed by atoms with van der Waals surface area (Å²) in [5.74, 6) is -11.5. The minimum Gasteiger partial charge on any atom is -0.429 e. The Morgan fingerprint density at radius 1 is 0.865 bits per heavy atom. The summed E-state index contributed by atoms with van der Waals surface area (Å²) < 4.78 is 147. The third-order valence-corrected chi connectivity index (χ3v) is 6.01. The highest BCUT2D eigenvalue weighted by atomic mass is 35.5. The molecule has 0 atom stereocenters. The van der Waals surface area contributed by atoms with Crippen LogP contribution in [0.25, 0.3) is 5.83 Å². The van der Waals surface area contributed by atoms with Gasteiger partial charge in [0.05, 0.1) is 5.02 Å². The minimum absolute atomic E-state index is 0.103. The quantitative estimate of drug-likeness (QED) is 0.247. The maximum absolute atomic E-state index is 14.6. The van der Waals surface area contributed by atoms with Crippen LogP contribution in [0.4, 0.5) is 43.9 Å². The normalized spacial score (nSPS) is 18.8. The monoisotopic (exact) mass is 562 g/mol. The van der Waals surface area contributed by atoms with E-state index < -0.39 is 80.9 Å². The van der Waals surface area contributed by atoms with Crippen molar-refractivity contribution < 1.29 is 53.4 Å². The molecule has 2 nitrogen and oxygen atoms in total. The lowest BCUT2D eigenvalue weighted by atomic mass is 9.82. The summed E-state index contributed by atoms with van der Waals surface area (Å²) in [6.45, 7) is 1.94. The maximum atomic E-state index is 14.6. The van der Waals surface area contributed by atoms with Crippen molar-refractivity contribution in [2.45, 2.75) is 38.7 Å². The third-order valence-electron chi connectivity index (χ3n) is 5.73. The Kier molecular flexibility index (Phi) is 8.71. The van der Waals surface area contributed by atoms with Gasteiger partial charge in [-0.05, 0) is 30.9 Å². The molecule has 0 aromatic heterocycles. The van der Waals surface area contributed by atoms with Crippen molar-refractivity contribution in [3.63, 3.8) is 0 Å². The Bertz CT molecular complexity index is 1190. The van der Waals surface area contributed by atoms with Crippen LogP contribution in [0.15, 0.2) is 42.2 Å². The Morgan fingerprint density at radius 3 is 1.95 bits per heavy atom. The number of allylic oxidation sites excluding steroid dienone is 1. The fraction of sp³-hybridized carbons (Fsp3) is 0.333. The predicted octanol–water partition coefficient (Wildman–Crippen LogP) is 9.73. The van der Waals surface area contributed by atoms with Gasteiger partial charge in [-0.2, -0.15) is 22.0 Å². The van der Waals surface area contributed by atoms with Gasteiger partial charge >= 0.3 is 18.2 Å². The Balaban J connectivity index is 1.89. The lowest BCUT2D eigenvalue weighted by Gasteiger charge is -2.25. The average molecular weight is 563 g/mol. The molecule has 0 N–H and O–H groups in total. The lowest BCUT2D eigenvalue weighted by molar-refractivity contribution is -0.189. The second-order valence-electron chi connectivity index (χ2n) is 8.40. The van der Waals surface area contributed by atoms with Crippen molar-refractivity contribution in [1.29, 1.82) is 0 Å². The van der Waals surface area contributed by atoms with Gasteiger partial charge in [0.1, 0.15) is 28.8 Å². The van der Waals surface area contributed by atoms with Crippen LogP contribution in [0.3, 0.4) is 0 Å². The van der Waals surface area contributed by atoms with Crippen LogP contribution in [-0.2, 0) is 6.11 Å². The van der Waals surface area contributed by atoms with E-state index in [1.54, 1.807) is 0 Å². The molecule has 202 valence electrons. The van der Waals surface area contributed by atoms with Crippen molar-refractivity contribution >= 4 is 17.4 Å². The van der Waals surface area contributed by atoms with Crippen LogP contribution in [0.5, 0.6) is 11.5 Å². The zero-order valence-corrected chi connectivity index (χ0v) is 19.5. The zero-order chi connectivity index (χ0) is 27.7. The summed E-state index contributed by atoms with van der Waals surface area (Å²) in [6, 6.07) is -1.72. The number of halogens is 11. The molecule has 37 heavy (non-hydrogen) atoms. The maximum Gasteiger partial charge on any atom is 0.432 e. The molecule has 13 heteroatoms. The number of benzene rings is 2. The van der Waals surface area contributed by atoms with E-state index in [4.69, 9.17) is 11.6 Å². The van der Waals surface area contributed by atoms with E-state index >= 15 is 0 Å². The molecule has 0 heterocycles. The first kappa shape index (κ1) is 28.7. The molecular formula is C24H17ClF10O2. The molecule has 3 rings (SSSR count). The molecule has 0 spiro atoms. The standard InChI is InChI=1S/C24H17ClF10O2/c1-10-2-4-11(5-3-10)19(29)20(30)12-6-15(26)18(16(27)7-12)24(34,35)37-13-8-14(25)21(17(28)9-13)36-23(33)22(31)32/h6-11H,2-5H2,1H3/b20-19+. The fourth-order valence-corrected chi connectivity index (χ4v) is 4.07. The lowest BCUT2D eigenvalue weighted by Crippen LogP contribution is -2.25. The second-order valence-corrected chi connectivity index (χ2v) is 8.81. The largest absolute Gasteiger partial charge is 0.432 e. The van der Waals surface area contributed by atoms with Gasteiger partial charge in [-0.3, -0.25) is 0 Å². The summed E-state index contributed by atoms with van der Waals surface area (Å²) in [7, 11) is 0. The smallest absolute Gasteiger partial charge is 0.429 e. The molecule has 1 aliphatic rings. The number of alkyl halides is 2. The van der Waals surface area contributed by atoms with E-state index in [9.17, 15) is 43.9 Å². The van der Waals surface area contributed by atoms with Gasteiger partial charge in [0.2, 0.25) is 0 Å². The fourth-order valence-electron chi connectivity index (χ4n) is 3.83. The summed E-state index contributed by atoms with van der Waals surface area (Å²) in [6.07, 6.45) is -5.96. The number of ether oxygens (including phenoxy) is 2. The van der Waals surface area contributed by atoms with Gasteiger partial charge in [-0.15, -0.1) is 0 Å². The molecule has 1 fully saturated rings. The van der Waals surface area contributed by atoms with Crippen LogP contribution < -0.4 is 9.47 Å². The topological polar surface area (TPSA) is 18.5 Å². The van der Waals surface area contributed by atoms with Gasteiger partial charge in [0.15, 0.2) is 17.4 Å². The minimum atomic E-state index is -4.85. The van der Waals surface area contributed by atoms with E-state index in [1.165, 1.54) is 0 Å². The molecule has 0 amide bonds.